The van der Waals surface area contributed by atoms with E-state index in [1.54, 1.807) is 32.2 Å². The van der Waals surface area contributed by atoms with Crippen LogP contribution in [0.5, 0.6) is 5.75 Å². The van der Waals surface area contributed by atoms with Crippen LogP contribution >= 0.6 is 11.6 Å². The van der Waals surface area contributed by atoms with Crippen LogP contribution in [0.25, 0.3) is 0 Å². The molecule has 0 aliphatic heterocycles. The average molecular weight is 239 g/mol. The molecule has 3 heteroatoms. The van der Waals surface area contributed by atoms with Gasteiger partial charge in [0.2, 0.25) is 0 Å². The first kappa shape index (κ1) is 12.9. The summed E-state index contributed by atoms with van der Waals surface area (Å²) in [4.78, 5) is 0. The molecule has 1 aromatic carbocycles. The summed E-state index contributed by atoms with van der Waals surface area (Å²) in [6, 6.07) is 5.22. The summed E-state index contributed by atoms with van der Waals surface area (Å²) >= 11 is 5.88. The first-order valence-electron chi connectivity index (χ1n) is 5.10. The summed E-state index contributed by atoms with van der Waals surface area (Å²) in [5.74, 6) is 6.37. The van der Waals surface area contributed by atoms with Crippen molar-refractivity contribution in [1.82, 2.24) is 0 Å². The van der Waals surface area contributed by atoms with Gasteiger partial charge in [-0.2, -0.15) is 0 Å². The van der Waals surface area contributed by atoms with E-state index in [-0.39, 0.29) is 0 Å². The molecule has 0 aromatic heterocycles. The molecule has 0 spiro atoms. The van der Waals surface area contributed by atoms with Gasteiger partial charge in [-0.05, 0) is 31.5 Å². The topological polar surface area (TPSA) is 29.5 Å². The van der Waals surface area contributed by atoms with Gasteiger partial charge in [0.05, 0.1) is 13.2 Å². The number of benzene rings is 1. The maximum absolute atomic E-state index is 9.98. The molecule has 86 valence electrons. The second-order valence-corrected chi connectivity index (χ2v) is 3.80. The van der Waals surface area contributed by atoms with Crippen molar-refractivity contribution in [1.29, 1.82) is 0 Å². The highest BCUT2D eigenvalue weighted by Gasteiger charge is 2.13. The SMILES string of the molecule is CC#CCCC(O)c1cc(Cl)ccc1OC. The Balaban J connectivity index is 2.82. The molecule has 0 saturated heterocycles. The van der Waals surface area contributed by atoms with Crippen LogP contribution in [0.3, 0.4) is 0 Å². The summed E-state index contributed by atoms with van der Waals surface area (Å²) in [6.07, 6.45) is 0.653. The van der Waals surface area contributed by atoms with Crippen LogP contribution in [0.4, 0.5) is 0 Å². The van der Waals surface area contributed by atoms with Crippen molar-refractivity contribution >= 4 is 11.6 Å². The van der Waals surface area contributed by atoms with Crippen molar-refractivity contribution in [3.8, 4) is 17.6 Å². The third-order valence-corrected chi connectivity index (χ3v) is 2.51. The minimum atomic E-state index is -0.588. The lowest BCUT2D eigenvalue weighted by Gasteiger charge is -2.14. The van der Waals surface area contributed by atoms with E-state index in [0.717, 1.165) is 0 Å². The van der Waals surface area contributed by atoms with Crippen molar-refractivity contribution in [3.05, 3.63) is 28.8 Å². The standard InChI is InChI=1S/C13H15ClO2/c1-3-4-5-6-12(15)11-9-10(14)7-8-13(11)16-2/h7-9,12,15H,5-6H2,1-2H3. The monoisotopic (exact) mass is 238 g/mol. The lowest BCUT2D eigenvalue weighted by molar-refractivity contribution is 0.165. The number of aliphatic hydroxyl groups excluding tert-OH is 1. The van der Waals surface area contributed by atoms with Crippen molar-refractivity contribution in [2.45, 2.75) is 25.9 Å². The number of rotatable bonds is 4. The molecule has 1 rings (SSSR count). The summed E-state index contributed by atoms with van der Waals surface area (Å²) in [5, 5.41) is 10.6. The second kappa shape index (κ2) is 6.42. The van der Waals surface area contributed by atoms with Crippen LogP contribution in [-0.4, -0.2) is 12.2 Å². The highest BCUT2D eigenvalue weighted by atomic mass is 35.5. The fourth-order valence-corrected chi connectivity index (χ4v) is 1.64. The smallest absolute Gasteiger partial charge is 0.124 e. The molecule has 0 amide bonds. The summed E-state index contributed by atoms with van der Waals surface area (Å²) in [6.45, 7) is 1.78. The summed E-state index contributed by atoms with van der Waals surface area (Å²) in [7, 11) is 1.57. The first-order chi connectivity index (χ1) is 7.69. The molecule has 2 nitrogen and oxygen atoms in total. The average Bonchev–Trinajstić information content (AvgIpc) is 2.29. The van der Waals surface area contributed by atoms with Crippen LogP contribution in [-0.2, 0) is 0 Å². The Labute approximate surface area is 101 Å². The van der Waals surface area contributed by atoms with Crippen molar-refractivity contribution < 1.29 is 9.84 Å². The third kappa shape index (κ3) is 3.44. The van der Waals surface area contributed by atoms with E-state index in [2.05, 4.69) is 11.8 Å². The molecule has 1 aromatic rings. The van der Waals surface area contributed by atoms with Crippen LogP contribution in [0.2, 0.25) is 5.02 Å². The Kier molecular flexibility index (Phi) is 5.18. The van der Waals surface area contributed by atoms with Gasteiger partial charge in [0.15, 0.2) is 0 Å². The third-order valence-electron chi connectivity index (χ3n) is 2.27. The van der Waals surface area contributed by atoms with Gasteiger partial charge >= 0.3 is 0 Å². The zero-order valence-corrected chi connectivity index (χ0v) is 10.2. The molecule has 1 atom stereocenters. The zero-order valence-electron chi connectivity index (χ0n) is 9.46. The number of hydrogen-bond acceptors (Lipinski definition) is 2. The fraction of sp³-hybridized carbons (Fsp3) is 0.385. The number of aliphatic hydroxyl groups is 1. The van der Waals surface area contributed by atoms with Gasteiger partial charge in [0, 0.05) is 17.0 Å². The number of ether oxygens (including phenoxy) is 1. The van der Waals surface area contributed by atoms with E-state index >= 15 is 0 Å². The molecule has 0 fully saturated rings. The molecule has 0 bridgehead atoms. The largest absolute Gasteiger partial charge is 0.496 e. The molecule has 0 saturated carbocycles. The lowest BCUT2D eigenvalue weighted by Crippen LogP contribution is -2.00. The number of halogens is 1. The zero-order chi connectivity index (χ0) is 12.0. The van der Waals surface area contributed by atoms with E-state index in [0.29, 0.717) is 29.2 Å². The van der Waals surface area contributed by atoms with Gasteiger partial charge in [-0.25, -0.2) is 0 Å². The molecular weight excluding hydrogens is 224 g/mol. The fourth-order valence-electron chi connectivity index (χ4n) is 1.46. The van der Waals surface area contributed by atoms with Gasteiger partial charge in [-0.15, -0.1) is 11.8 Å². The van der Waals surface area contributed by atoms with Gasteiger partial charge in [-0.1, -0.05) is 11.6 Å². The molecule has 0 aliphatic rings. The van der Waals surface area contributed by atoms with Crippen molar-refractivity contribution in [2.24, 2.45) is 0 Å². The van der Waals surface area contributed by atoms with Crippen LogP contribution in [0.15, 0.2) is 18.2 Å². The molecule has 0 radical (unpaired) electrons. The second-order valence-electron chi connectivity index (χ2n) is 3.37. The maximum Gasteiger partial charge on any atom is 0.124 e. The Morgan fingerprint density at radius 1 is 1.50 bits per heavy atom. The summed E-state index contributed by atoms with van der Waals surface area (Å²) < 4.78 is 5.17. The lowest BCUT2D eigenvalue weighted by atomic mass is 10.0. The van der Waals surface area contributed by atoms with E-state index in [1.165, 1.54) is 0 Å². The van der Waals surface area contributed by atoms with E-state index < -0.39 is 6.10 Å². The van der Waals surface area contributed by atoms with E-state index in [1.807, 2.05) is 0 Å². The number of hydrogen-bond donors (Lipinski definition) is 1. The Hall–Kier alpha value is -1.17. The Morgan fingerprint density at radius 3 is 2.88 bits per heavy atom. The first-order valence-corrected chi connectivity index (χ1v) is 5.48. The predicted octanol–water partition coefficient (Wildman–Crippen LogP) is 3.19. The summed E-state index contributed by atoms with van der Waals surface area (Å²) in [5.41, 5.74) is 0.716. The van der Waals surface area contributed by atoms with E-state index in [9.17, 15) is 5.11 Å². The van der Waals surface area contributed by atoms with Gasteiger partial charge in [-0.3, -0.25) is 0 Å². The highest BCUT2D eigenvalue weighted by molar-refractivity contribution is 6.30. The quantitative estimate of drug-likeness (QED) is 0.817. The Morgan fingerprint density at radius 2 is 2.25 bits per heavy atom. The Bertz CT molecular complexity index is 404. The molecule has 1 N–H and O–H groups in total. The van der Waals surface area contributed by atoms with Crippen LogP contribution in [0, 0.1) is 11.8 Å². The molecule has 1 unspecified atom stereocenters. The normalized spacial score (nSPS) is 11.5. The minimum absolute atomic E-state index is 0.581. The number of methoxy groups -OCH3 is 1. The van der Waals surface area contributed by atoms with Crippen LogP contribution in [0.1, 0.15) is 31.4 Å². The maximum atomic E-state index is 9.98. The highest BCUT2D eigenvalue weighted by Crippen LogP contribution is 2.30. The molecular formula is C13H15ClO2. The molecule has 0 heterocycles. The van der Waals surface area contributed by atoms with Gasteiger partial charge in [0.1, 0.15) is 5.75 Å². The van der Waals surface area contributed by atoms with Crippen molar-refractivity contribution in [3.63, 3.8) is 0 Å². The van der Waals surface area contributed by atoms with Gasteiger partial charge < -0.3 is 9.84 Å². The van der Waals surface area contributed by atoms with E-state index in [4.69, 9.17) is 16.3 Å². The predicted molar refractivity (Wildman–Crippen MR) is 65.6 cm³/mol. The van der Waals surface area contributed by atoms with Gasteiger partial charge in [0.25, 0.3) is 0 Å². The van der Waals surface area contributed by atoms with Crippen LogP contribution < -0.4 is 4.74 Å². The molecule has 16 heavy (non-hydrogen) atoms. The van der Waals surface area contributed by atoms with Crippen molar-refractivity contribution in [2.75, 3.05) is 7.11 Å². The minimum Gasteiger partial charge on any atom is -0.496 e. The molecule has 0 aliphatic carbocycles.